The summed E-state index contributed by atoms with van der Waals surface area (Å²) in [4.78, 5) is 2.03. The first kappa shape index (κ1) is 16.9. The molecule has 1 aromatic rings. The van der Waals surface area contributed by atoms with Crippen LogP contribution in [0.25, 0.3) is 0 Å². The van der Waals surface area contributed by atoms with Gasteiger partial charge in [0, 0.05) is 32.3 Å². The number of hydrogen-bond donors (Lipinski definition) is 1. The molecule has 0 amide bonds. The third-order valence-corrected chi connectivity index (χ3v) is 3.14. The predicted octanol–water partition coefficient (Wildman–Crippen LogP) is 3.19. The van der Waals surface area contributed by atoms with Gasteiger partial charge in [-0.15, -0.1) is 0 Å². The molecule has 114 valence electrons. The normalized spacial score (nSPS) is 11.7. The number of halogens is 1. The van der Waals surface area contributed by atoms with E-state index in [0.29, 0.717) is 25.4 Å². The molecule has 0 aliphatic heterocycles. The number of likely N-dealkylation sites (N-methyl/N-ethyl adjacent to an activating group) is 1. The summed E-state index contributed by atoms with van der Waals surface area (Å²) in [5.41, 5.74) is 1.68. The van der Waals surface area contributed by atoms with Crippen molar-refractivity contribution in [2.45, 2.75) is 39.8 Å². The molecule has 0 spiro atoms. The molecule has 0 bridgehead atoms. The van der Waals surface area contributed by atoms with Crippen LogP contribution < -0.4 is 10.2 Å². The highest BCUT2D eigenvalue weighted by Gasteiger charge is 2.16. The molecular formula is C16H27FN2O. The van der Waals surface area contributed by atoms with Gasteiger partial charge in [-0.25, -0.2) is 4.39 Å². The molecule has 1 N–H and O–H groups in total. The molecule has 0 radical (unpaired) electrons. The number of nitrogens with zero attached hydrogens (tertiary/aromatic N) is 1. The van der Waals surface area contributed by atoms with E-state index in [2.05, 4.69) is 26.1 Å². The predicted molar refractivity (Wildman–Crippen MR) is 82.8 cm³/mol. The number of ether oxygens (including phenoxy) is 1. The number of para-hydroxylation sites is 1. The van der Waals surface area contributed by atoms with Crippen molar-refractivity contribution >= 4 is 5.69 Å². The lowest BCUT2D eigenvalue weighted by Gasteiger charge is -2.28. The average Bonchev–Trinajstić information content (AvgIpc) is 2.38. The van der Waals surface area contributed by atoms with Crippen molar-refractivity contribution in [1.82, 2.24) is 5.32 Å². The van der Waals surface area contributed by atoms with Crippen LogP contribution in [0.3, 0.4) is 0 Å². The van der Waals surface area contributed by atoms with Gasteiger partial charge < -0.3 is 15.0 Å². The maximum Gasteiger partial charge on any atom is 0.146 e. The Bertz CT molecular complexity index is 415. The van der Waals surface area contributed by atoms with Crippen molar-refractivity contribution in [3.63, 3.8) is 0 Å². The quantitative estimate of drug-likeness (QED) is 0.831. The summed E-state index contributed by atoms with van der Waals surface area (Å²) in [5.74, 6) is -0.170. The standard InChI is InChI=1S/C16H27FN2O/c1-6-19(10-11-20-5)15-13(8-7-9-14(15)17)12-18-16(2,3)4/h7-9,18H,6,10-12H2,1-5H3. The first-order valence-electron chi connectivity index (χ1n) is 7.15. The lowest BCUT2D eigenvalue weighted by atomic mass is 10.1. The van der Waals surface area contributed by atoms with Gasteiger partial charge in [-0.05, 0) is 39.3 Å². The third kappa shape index (κ3) is 5.10. The molecule has 4 heteroatoms. The number of rotatable bonds is 7. The number of anilines is 1. The minimum atomic E-state index is -0.170. The van der Waals surface area contributed by atoms with Gasteiger partial charge in [0.2, 0.25) is 0 Å². The number of hydrogen-bond acceptors (Lipinski definition) is 3. The van der Waals surface area contributed by atoms with E-state index in [1.165, 1.54) is 6.07 Å². The number of methoxy groups -OCH3 is 1. The van der Waals surface area contributed by atoms with Crippen molar-refractivity contribution in [3.8, 4) is 0 Å². The fourth-order valence-electron chi connectivity index (χ4n) is 2.05. The SMILES string of the molecule is CCN(CCOC)c1c(F)cccc1CNC(C)(C)C. The van der Waals surface area contributed by atoms with Crippen LogP contribution in [0, 0.1) is 5.82 Å². The minimum Gasteiger partial charge on any atom is -0.383 e. The zero-order chi connectivity index (χ0) is 15.2. The molecule has 0 atom stereocenters. The lowest BCUT2D eigenvalue weighted by Crippen LogP contribution is -2.36. The Kier molecular flexibility index (Phi) is 6.43. The van der Waals surface area contributed by atoms with Gasteiger partial charge in [-0.3, -0.25) is 0 Å². The average molecular weight is 282 g/mol. The van der Waals surface area contributed by atoms with Gasteiger partial charge in [-0.1, -0.05) is 12.1 Å². The molecule has 1 rings (SSSR count). The summed E-state index contributed by atoms with van der Waals surface area (Å²) in [7, 11) is 1.66. The summed E-state index contributed by atoms with van der Waals surface area (Å²) in [6, 6.07) is 5.26. The zero-order valence-corrected chi connectivity index (χ0v) is 13.3. The van der Waals surface area contributed by atoms with Crippen LogP contribution in [0.2, 0.25) is 0 Å². The molecular weight excluding hydrogens is 255 g/mol. The summed E-state index contributed by atoms with van der Waals surface area (Å²) >= 11 is 0. The van der Waals surface area contributed by atoms with Crippen molar-refractivity contribution in [2.24, 2.45) is 0 Å². The molecule has 0 saturated carbocycles. The van der Waals surface area contributed by atoms with Crippen LogP contribution in [0.4, 0.5) is 10.1 Å². The highest BCUT2D eigenvalue weighted by molar-refractivity contribution is 5.55. The van der Waals surface area contributed by atoms with Crippen molar-refractivity contribution in [2.75, 3.05) is 31.7 Å². The molecule has 0 fully saturated rings. The highest BCUT2D eigenvalue weighted by Crippen LogP contribution is 2.25. The Hall–Kier alpha value is -1.13. The Labute approximate surface area is 122 Å². The van der Waals surface area contributed by atoms with E-state index in [1.54, 1.807) is 13.2 Å². The monoisotopic (exact) mass is 282 g/mol. The second-order valence-corrected chi connectivity index (χ2v) is 5.92. The van der Waals surface area contributed by atoms with E-state index in [-0.39, 0.29) is 11.4 Å². The molecule has 3 nitrogen and oxygen atoms in total. The Morgan fingerprint density at radius 2 is 2.00 bits per heavy atom. The smallest absolute Gasteiger partial charge is 0.146 e. The highest BCUT2D eigenvalue weighted by atomic mass is 19.1. The van der Waals surface area contributed by atoms with Crippen molar-refractivity contribution in [3.05, 3.63) is 29.6 Å². The fraction of sp³-hybridized carbons (Fsp3) is 0.625. The van der Waals surface area contributed by atoms with Gasteiger partial charge in [0.05, 0.1) is 12.3 Å². The Balaban J connectivity index is 2.97. The lowest BCUT2D eigenvalue weighted by molar-refractivity contribution is 0.205. The van der Waals surface area contributed by atoms with Gasteiger partial charge >= 0.3 is 0 Å². The maximum atomic E-state index is 14.2. The van der Waals surface area contributed by atoms with E-state index in [1.807, 2.05) is 17.9 Å². The first-order chi connectivity index (χ1) is 9.39. The molecule has 0 unspecified atom stereocenters. The van der Waals surface area contributed by atoms with Crippen LogP contribution >= 0.6 is 0 Å². The minimum absolute atomic E-state index is 0.00711. The van der Waals surface area contributed by atoms with Crippen LogP contribution in [0.1, 0.15) is 33.3 Å². The van der Waals surface area contributed by atoms with E-state index in [4.69, 9.17) is 4.74 Å². The van der Waals surface area contributed by atoms with Crippen LogP contribution in [-0.4, -0.2) is 32.3 Å². The summed E-state index contributed by atoms with van der Waals surface area (Å²) in [5, 5.41) is 3.42. The van der Waals surface area contributed by atoms with Gasteiger partial charge in [0.1, 0.15) is 5.82 Å². The van der Waals surface area contributed by atoms with Crippen molar-refractivity contribution in [1.29, 1.82) is 0 Å². The van der Waals surface area contributed by atoms with E-state index in [0.717, 1.165) is 12.1 Å². The maximum absolute atomic E-state index is 14.2. The van der Waals surface area contributed by atoms with Gasteiger partial charge in [0.25, 0.3) is 0 Å². The summed E-state index contributed by atoms with van der Waals surface area (Å²) < 4.78 is 19.3. The molecule has 0 aromatic heterocycles. The number of nitrogens with one attached hydrogen (secondary N) is 1. The van der Waals surface area contributed by atoms with Crippen LogP contribution in [-0.2, 0) is 11.3 Å². The topological polar surface area (TPSA) is 24.5 Å². The summed E-state index contributed by atoms with van der Waals surface area (Å²) in [6.45, 7) is 11.0. The molecule has 0 saturated heterocycles. The van der Waals surface area contributed by atoms with Gasteiger partial charge in [-0.2, -0.15) is 0 Å². The third-order valence-electron chi connectivity index (χ3n) is 3.14. The largest absolute Gasteiger partial charge is 0.383 e. The van der Waals surface area contributed by atoms with Crippen LogP contribution in [0.5, 0.6) is 0 Å². The van der Waals surface area contributed by atoms with Crippen LogP contribution in [0.15, 0.2) is 18.2 Å². The fourth-order valence-corrected chi connectivity index (χ4v) is 2.05. The molecule has 0 aliphatic rings. The zero-order valence-electron chi connectivity index (χ0n) is 13.3. The molecule has 20 heavy (non-hydrogen) atoms. The van der Waals surface area contributed by atoms with E-state index >= 15 is 0 Å². The Morgan fingerprint density at radius 1 is 1.30 bits per heavy atom. The van der Waals surface area contributed by atoms with Gasteiger partial charge in [0.15, 0.2) is 0 Å². The first-order valence-corrected chi connectivity index (χ1v) is 7.15. The van der Waals surface area contributed by atoms with E-state index < -0.39 is 0 Å². The molecule has 0 aliphatic carbocycles. The van der Waals surface area contributed by atoms with E-state index in [9.17, 15) is 4.39 Å². The molecule has 1 aromatic carbocycles. The van der Waals surface area contributed by atoms with Crippen molar-refractivity contribution < 1.29 is 9.13 Å². The second kappa shape index (κ2) is 7.60. The second-order valence-electron chi connectivity index (χ2n) is 5.92. The molecule has 0 heterocycles. The Morgan fingerprint density at radius 3 is 2.55 bits per heavy atom. The summed E-state index contributed by atoms with van der Waals surface area (Å²) in [6.07, 6.45) is 0. The number of benzene rings is 1.